The van der Waals surface area contributed by atoms with Gasteiger partial charge in [-0.25, -0.2) is 0 Å². The fraction of sp³-hybridized carbons (Fsp3) is 0.957. The molecule has 206 valence electrons. The average Bonchev–Trinajstić information content (AvgIpc) is 2.81. The van der Waals surface area contributed by atoms with Crippen LogP contribution in [0.4, 0.5) is 0 Å². The molecule has 0 aromatic heterocycles. The van der Waals surface area contributed by atoms with Crippen LogP contribution in [-0.2, 0) is 19.0 Å². The Bertz CT molecular complexity index is 649. The lowest BCUT2D eigenvalue weighted by molar-refractivity contribution is -0.364. The van der Waals surface area contributed by atoms with Gasteiger partial charge in [0.05, 0.1) is 13.2 Å². The van der Waals surface area contributed by atoms with Crippen molar-refractivity contribution in [2.45, 2.75) is 120 Å². The van der Waals surface area contributed by atoms with Crippen molar-refractivity contribution >= 4 is 5.91 Å². The highest BCUT2D eigenvalue weighted by Crippen LogP contribution is 2.37. The molecule has 2 heterocycles. The monoisotopic (exact) mass is 509 g/mol. The Morgan fingerprint density at radius 2 is 1.51 bits per heavy atom. The highest BCUT2D eigenvalue weighted by Gasteiger charge is 2.58. The van der Waals surface area contributed by atoms with Crippen LogP contribution >= 0.6 is 0 Å². The summed E-state index contributed by atoms with van der Waals surface area (Å²) in [4.78, 5) is 13.8. The van der Waals surface area contributed by atoms with Gasteiger partial charge in [0.1, 0.15) is 48.3 Å². The Morgan fingerprint density at radius 1 is 0.914 bits per heavy atom. The zero-order valence-electron chi connectivity index (χ0n) is 20.8. The van der Waals surface area contributed by atoms with Crippen molar-refractivity contribution in [3.8, 4) is 0 Å². The number of hydrogen-bond acceptors (Lipinski definition) is 11. The molecule has 0 aliphatic carbocycles. The van der Waals surface area contributed by atoms with Crippen LogP contribution in [0.2, 0.25) is 0 Å². The minimum atomic E-state index is -1.99. The SMILES string of the molecule is CCCCCCCCN(C(C)=O)[C@H]1[C@H](O)O[C@H](CO)[C@@H](O[C@@H]2O[C@H](CO)[C@H](O)[C@H](O)[C@H]2O)[C@]1(C)O. The van der Waals surface area contributed by atoms with Gasteiger partial charge in [-0.1, -0.05) is 39.0 Å². The molecule has 0 unspecified atom stereocenters. The minimum absolute atomic E-state index is 0.249. The smallest absolute Gasteiger partial charge is 0.219 e. The summed E-state index contributed by atoms with van der Waals surface area (Å²) < 4.78 is 16.6. The first-order valence-electron chi connectivity index (χ1n) is 12.4. The second-order valence-corrected chi connectivity index (χ2v) is 9.65. The number of aliphatic hydroxyl groups excluding tert-OH is 6. The van der Waals surface area contributed by atoms with Crippen LogP contribution in [0.5, 0.6) is 0 Å². The lowest BCUT2D eigenvalue weighted by Gasteiger charge is -2.53. The molecule has 0 radical (unpaired) electrons. The molecule has 10 atom stereocenters. The van der Waals surface area contributed by atoms with E-state index in [1.807, 2.05) is 0 Å². The maximum absolute atomic E-state index is 12.5. The van der Waals surface area contributed by atoms with Crippen molar-refractivity contribution in [3.05, 3.63) is 0 Å². The van der Waals surface area contributed by atoms with E-state index >= 15 is 0 Å². The van der Waals surface area contributed by atoms with Gasteiger partial charge < -0.3 is 54.9 Å². The molecule has 12 nitrogen and oxygen atoms in total. The average molecular weight is 510 g/mol. The summed E-state index contributed by atoms with van der Waals surface area (Å²) in [5, 5.41) is 71.9. The molecule has 2 aliphatic heterocycles. The molecule has 0 saturated carbocycles. The van der Waals surface area contributed by atoms with E-state index in [0.29, 0.717) is 6.42 Å². The fourth-order valence-electron chi connectivity index (χ4n) is 4.87. The number of carbonyl (C=O) groups excluding carboxylic acids is 1. The molecule has 0 bridgehead atoms. The number of ether oxygens (including phenoxy) is 3. The summed E-state index contributed by atoms with van der Waals surface area (Å²) in [6, 6.07) is -1.27. The Morgan fingerprint density at radius 3 is 2.09 bits per heavy atom. The molecule has 12 heteroatoms. The molecule has 2 fully saturated rings. The maximum atomic E-state index is 12.5. The molecule has 0 aromatic carbocycles. The Labute approximate surface area is 206 Å². The molecule has 0 aromatic rings. The summed E-state index contributed by atoms with van der Waals surface area (Å²) in [6.45, 7) is 3.64. The molecule has 35 heavy (non-hydrogen) atoms. The lowest BCUT2D eigenvalue weighted by Crippen LogP contribution is -2.73. The fourth-order valence-corrected chi connectivity index (χ4v) is 4.87. The molecule has 2 saturated heterocycles. The summed E-state index contributed by atoms with van der Waals surface area (Å²) in [7, 11) is 0. The van der Waals surface area contributed by atoms with Crippen molar-refractivity contribution in [3.63, 3.8) is 0 Å². The zero-order valence-corrected chi connectivity index (χ0v) is 20.8. The van der Waals surface area contributed by atoms with Crippen LogP contribution in [0.1, 0.15) is 59.3 Å². The van der Waals surface area contributed by atoms with Crippen LogP contribution in [-0.4, -0.2) is 127 Å². The first kappa shape index (κ1) is 30.3. The third-order valence-corrected chi connectivity index (χ3v) is 6.90. The zero-order chi connectivity index (χ0) is 26.3. The third-order valence-electron chi connectivity index (χ3n) is 6.90. The van der Waals surface area contributed by atoms with Gasteiger partial charge in [0.2, 0.25) is 5.91 Å². The lowest BCUT2D eigenvalue weighted by atomic mass is 9.82. The molecule has 0 spiro atoms. The Kier molecular flexibility index (Phi) is 11.7. The highest BCUT2D eigenvalue weighted by atomic mass is 16.7. The van der Waals surface area contributed by atoms with E-state index in [2.05, 4.69) is 6.92 Å². The number of amides is 1. The molecule has 1 amide bonds. The van der Waals surface area contributed by atoms with E-state index in [0.717, 1.165) is 32.1 Å². The maximum Gasteiger partial charge on any atom is 0.219 e. The van der Waals surface area contributed by atoms with Gasteiger partial charge >= 0.3 is 0 Å². The van der Waals surface area contributed by atoms with E-state index in [-0.39, 0.29) is 6.54 Å². The topological polar surface area (TPSA) is 190 Å². The second kappa shape index (κ2) is 13.6. The van der Waals surface area contributed by atoms with Crippen LogP contribution in [0.3, 0.4) is 0 Å². The quantitative estimate of drug-likeness (QED) is 0.147. The first-order chi connectivity index (χ1) is 16.5. The predicted molar refractivity (Wildman–Crippen MR) is 122 cm³/mol. The van der Waals surface area contributed by atoms with Gasteiger partial charge in [0.15, 0.2) is 12.6 Å². The van der Waals surface area contributed by atoms with E-state index in [1.165, 1.54) is 18.7 Å². The number of rotatable bonds is 12. The van der Waals surface area contributed by atoms with E-state index < -0.39 is 80.0 Å². The van der Waals surface area contributed by atoms with Crippen LogP contribution in [0.15, 0.2) is 0 Å². The van der Waals surface area contributed by atoms with Crippen molar-refractivity contribution in [2.24, 2.45) is 0 Å². The van der Waals surface area contributed by atoms with Gasteiger partial charge in [-0.05, 0) is 13.3 Å². The molecular weight excluding hydrogens is 466 g/mol. The molecule has 7 N–H and O–H groups in total. The minimum Gasteiger partial charge on any atom is -0.394 e. The summed E-state index contributed by atoms with van der Waals surface area (Å²) in [5.74, 6) is -0.402. The first-order valence-corrected chi connectivity index (χ1v) is 12.4. The van der Waals surface area contributed by atoms with E-state index in [1.54, 1.807) is 0 Å². The van der Waals surface area contributed by atoms with Crippen LogP contribution in [0, 0.1) is 0 Å². The second-order valence-electron chi connectivity index (χ2n) is 9.65. The van der Waals surface area contributed by atoms with Gasteiger partial charge in [0, 0.05) is 13.5 Å². The van der Waals surface area contributed by atoms with Crippen molar-refractivity contribution in [1.82, 2.24) is 4.90 Å². The standard InChI is InChI=1S/C23H43NO11/c1-4-5-6-7-8-9-10-24(13(2)27)19-21(31)33-15(12-26)20(23(19,3)32)35-22-18(30)17(29)16(28)14(11-25)34-22/h14-22,25-26,28-32H,4-12H2,1-3H3/t14-,15-,16+,17+,18-,19+,20-,21-,22+,23-/m1/s1. The Balaban J connectivity index is 2.22. The van der Waals surface area contributed by atoms with Crippen LogP contribution in [0.25, 0.3) is 0 Å². The van der Waals surface area contributed by atoms with E-state index in [4.69, 9.17) is 14.2 Å². The Hall–Kier alpha value is -0.930. The van der Waals surface area contributed by atoms with Crippen molar-refractivity contribution in [1.29, 1.82) is 0 Å². The van der Waals surface area contributed by atoms with E-state index in [9.17, 15) is 40.5 Å². The number of unbranched alkanes of at least 4 members (excludes halogenated alkanes) is 5. The number of aliphatic hydroxyl groups is 7. The largest absolute Gasteiger partial charge is 0.394 e. The number of nitrogens with zero attached hydrogens (tertiary/aromatic N) is 1. The molecular formula is C23H43NO11. The van der Waals surface area contributed by atoms with Gasteiger partial charge in [0.25, 0.3) is 0 Å². The summed E-state index contributed by atoms with van der Waals surface area (Å²) in [6.07, 6.45) is -6.45. The number of hydrogen-bond donors (Lipinski definition) is 7. The predicted octanol–water partition coefficient (Wildman–Crippen LogP) is -1.79. The van der Waals surface area contributed by atoms with Crippen molar-refractivity contribution in [2.75, 3.05) is 19.8 Å². The number of carbonyl (C=O) groups is 1. The molecule has 2 rings (SSSR count). The van der Waals surface area contributed by atoms with Gasteiger partial charge in [-0.15, -0.1) is 0 Å². The highest BCUT2D eigenvalue weighted by molar-refractivity contribution is 5.73. The summed E-state index contributed by atoms with van der Waals surface area (Å²) >= 11 is 0. The van der Waals surface area contributed by atoms with Crippen molar-refractivity contribution < 1.29 is 54.8 Å². The third kappa shape index (κ3) is 7.10. The molecule has 2 aliphatic rings. The summed E-state index contributed by atoms with van der Waals surface area (Å²) in [5.41, 5.74) is -1.99. The van der Waals surface area contributed by atoms with Gasteiger partial charge in [-0.3, -0.25) is 4.79 Å². The van der Waals surface area contributed by atoms with Gasteiger partial charge in [-0.2, -0.15) is 0 Å². The normalized spacial score (nSPS) is 40.0. The van der Waals surface area contributed by atoms with Crippen LogP contribution < -0.4 is 0 Å².